The molecule has 0 radical (unpaired) electrons. The Morgan fingerprint density at radius 2 is 0.342 bits per heavy atom. The Kier molecular flexibility index (Phi) is 2.40. The van der Waals surface area contributed by atoms with Crippen molar-refractivity contribution < 1.29 is 0 Å². The topological polar surface area (TPSA) is 0 Å². The zero-order valence-electron chi connectivity index (χ0n) is 20.2. The molecule has 0 aromatic heterocycles. The summed E-state index contributed by atoms with van der Waals surface area (Å²) in [5, 5.41) is 31.4. The van der Waals surface area contributed by atoms with Gasteiger partial charge in [-0.3, -0.25) is 0 Å². The fourth-order valence-electron chi connectivity index (χ4n) is 8.94. The van der Waals surface area contributed by atoms with Crippen LogP contribution in [0.15, 0.2) is 97.1 Å². The Labute approximate surface area is 215 Å². The lowest BCUT2D eigenvalue weighted by Crippen LogP contribution is -1.85. The maximum absolute atomic E-state index is 2.42. The lowest BCUT2D eigenvalue weighted by Gasteiger charge is -2.13. The van der Waals surface area contributed by atoms with Crippen LogP contribution >= 0.6 is 0 Å². The third kappa shape index (κ3) is 1.49. The average molecular weight is 473 g/mol. The van der Waals surface area contributed by atoms with Crippen LogP contribution in [0.1, 0.15) is 0 Å². The molecule has 0 heterocycles. The molecule has 38 heavy (non-hydrogen) atoms. The first-order chi connectivity index (χ1) is 18.9. The highest BCUT2D eigenvalue weighted by Crippen LogP contribution is 2.59. The summed E-state index contributed by atoms with van der Waals surface area (Å²) in [7, 11) is 0. The molecule has 0 fully saturated rings. The summed E-state index contributed by atoms with van der Waals surface area (Å²) < 4.78 is 0. The van der Waals surface area contributed by atoms with Crippen molar-refractivity contribution in [1.29, 1.82) is 0 Å². The first kappa shape index (κ1) is 17.5. The van der Waals surface area contributed by atoms with E-state index in [2.05, 4.69) is 97.1 Å². The van der Waals surface area contributed by atoms with Gasteiger partial charge in [-0.25, -0.2) is 0 Å². The van der Waals surface area contributed by atoms with Crippen LogP contribution in [-0.4, -0.2) is 0 Å². The summed E-state index contributed by atoms with van der Waals surface area (Å²) >= 11 is 0. The van der Waals surface area contributed by atoms with Crippen molar-refractivity contribution in [2.75, 3.05) is 0 Å². The summed E-state index contributed by atoms with van der Waals surface area (Å²) in [5.41, 5.74) is 0. The van der Waals surface area contributed by atoms with E-state index in [1.54, 1.807) is 0 Å². The molecule has 12 aromatic rings. The first-order valence-electron chi connectivity index (χ1n) is 13.5. The molecule has 0 spiro atoms. The molecule has 0 aliphatic carbocycles. The highest BCUT2D eigenvalue weighted by atomic mass is 14.3. The second-order valence-corrected chi connectivity index (χ2v) is 11.5. The van der Waals surface area contributed by atoms with Crippen LogP contribution in [0.4, 0.5) is 0 Å². The minimum atomic E-state index is 1.36. The molecule has 0 atom stereocenters. The second kappa shape index (κ2) is 5.21. The van der Waals surface area contributed by atoms with Crippen molar-refractivity contribution in [2.45, 2.75) is 0 Å². The number of fused-ring (bicyclic) bond motifs is 8. The largest absolute Gasteiger partial charge is 0.0616 e. The molecule has 0 bridgehead atoms. The molecule has 0 saturated carbocycles. The average Bonchev–Trinajstić information content (AvgIpc) is 3.52. The minimum absolute atomic E-state index is 1.36. The number of hydrogen-bond donors (Lipinski definition) is 0. The van der Waals surface area contributed by atoms with Gasteiger partial charge in [0.15, 0.2) is 0 Å². The van der Waals surface area contributed by atoms with Gasteiger partial charge in [0.1, 0.15) is 0 Å². The Hall–Kier alpha value is -4.94. The van der Waals surface area contributed by atoms with Crippen LogP contribution in [0.25, 0.3) is 118 Å². The molecule has 0 amide bonds. The van der Waals surface area contributed by atoms with Crippen LogP contribution in [0.5, 0.6) is 0 Å². The molecule has 0 N–H and O–H groups in total. The summed E-state index contributed by atoms with van der Waals surface area (Å²) in [6.07, 6.45) is 0. The van der Waals surface area contributed by atoms with Crippen LogP contribution in [-0.2, 0) is 0 Å². The maximum Gasteiger partial charge on any atom is -0.0000476 e. The van der Waals surface area contributed by atoms with Crippen molar-refractivity contribution in [3.05, 3.63) is 97.1 Å². The minimum Gasteiger partial charge on any atom is -0.0616 e. The molecule has 0 unspecified atom stereocenters. The van der Waals surface area contributed by atoms with E-state index in [4.69, 9.17) is 0 Å². The summed E-state index contributed by atoms with van der Waals surface area (Å²) in [4.78, 5) is 0. The van der Waals surface area contributed by atoms with Crippen molar-refractivity contribution in [3.8, 4) is 0 Å². The fraction of sp³-hybridized carbons (Fsp3) is 0. The highest BCUT2D eigenvalue weighted by Gasteiger charge is 2.30. The van der Waals surface area contributed by atoms with Gasteiger partial charge in [-0.15, -0.1) is 0 Å². The normalized spacial score (nSPS) is 13.8. The molecule has 12 rings (SSSR count). The van der Waals surface area contributed by atoms with Gasteiger partial charge < -0.3 is 0 Å². The summed E-state index contributed by atoms with van der Waals surface area (Å²) in [6.45, 7) is 0. The summed E-state index contributed by atoms with van der Waals surface area (Å²) in [6, 6.07) is 37.3. The Bertz CT molecular complexity index is 2520. The van der Waals surface area contributed by atoms with E-state index in [0.29, 0.717) is 0 Å². The molecule has 0 nitrogen and oxygen atoms in total. The van der Waals surface area contributed by atoms with Crippen LogP contribution in [0.3, 0.4) is 0 Å². The van der Waals surface area contributed by atoms with Gasteiger partial charge in [0.05, 0.1) is 0 Å². The zero-order valence-corrected chi connectivity index (χ0v) is 20.2. The molecule has 12 aromatic carbocycles. The van der Waals surface area contributed by atoms with Crippen molar-refractivity contribution >= 4 is 118 Å². The van der Waals surface area contributed by atoms with Crippen LogP contribution in [0, 0.1) is 0 Å². The third-order valence-corrected chi connectivity index (χ3v) is 10.2. The van der Waals surface area contributed by atoms with Crippen LogP contribution in [0.2, 0.25) is 0 Å². The number of rotatable bonds is 0. The number of hydrogen-bond acceptors (Lipinski definition) is 0. The van der Waals surface area contributed by atoms with E-state index >= 15 is 0 Å². The highest BCUT2D eigenvalue weighted by molar-refractivity contribution is 6.60. The number of benzene rings is 10. The summed E-state index contributed by atoms with van der Waals surface area (Å²) in [5.74, 6) is 0. The molecule has 0 saturated heterocycles. The van der Waals surface area contributed by atoms with Crippen molar-refractivity contribution in [1.82, 2.24) is 0 Å². The fourth-order valence-corrected chi connectivity index (χ4v) is 8.94. The SMILES string of the molecule is c1ccc2c(c1)c1ccc3c4ccc5c6ccccc6c6ccc7c8ccc2c2c1c3c(c82)c1c4c5c6c71. The van der Waals surface area contributed by atoms with Crippen LogP contribution < -0.4 is 0 Å². The van der Waals surface area contributed by atoms with E-state index < -0.39 is 0 Å². The zero-order chi connectivity index (χ0) is 24.0. The van der Waals surface area contributed by atoms with E-state index in [1.165, 1.54) is 118 Å². The third-order valence-electron chi connectivity index (χ3n) is 10.2. The standard InChI is InChI=1S/C38H16/c1-2-6-18-17(5-1)21-9-13-25-27-15-11-23-19-7-3-4-8-20(19)24-12-16-28-26-14-10-22(18)30-29(21)33(25)37(34(26)30)38-35(27)31(23)32(24)36(28)38/h1-16H. The van der Waals surface area contributed by atoms with Gasteiger partial charge in [-0.1, -0.05) is 97.1 Å². The van der Waals surface area contributed by atoms with Crippen molar-refractivity contribution in [2.24, 2.45) is 0 Å². The predicted molar refractivity (Wildman–Crippen MR) is 166 cm³/mol. The Morgan fingerprint density at radius 3 is 0.579 bits per heavy atom. The van der Waals surface area contributed by atoms with E-state index in [0.717, 1.165) is 0 Å². The molecular weight excluding hydrogens is 456 g/mol. The molecule has 0 heteroatoms. The lowest BCUT2D eigenvalue weighted by atomic mass is 9.90. The van der Waals surface area contributed by atoms with Gasteiger partial charge >= 0.3 is 0 Å². The van der Waals surface area contributed by atoms with E-state index in [-0.39, 0.29) is 0 Å². The Morgan fingerprint density at radius 1 is 0.158 bits per heavy atom. The first-order valence-corrected chi connectivity index (χ1v) is 13.5. The molecule has 0 aliphatic heterocycles. The van der Waals surface area contributed by atoms with Gasteiger partial charge in [0, 0.05) is 0 Å². The molecule has 0 aliphatic rings. The smallest absolute Gasteiger partial charge is 0.0000476 e. The van der Waals surface area contributed by atoms with Gasteiger partial charge in [0.25, 0.3) is 0 Å². The van der Waals surface area contributed by atoms with E-state index in [9.17, 15) is 0 Å². The monoisotopic (exact) mass is 472 g/mol. The van der Waals surface area contributed by atoms with Gasteiger partial charge in [-0.05, 0) is 118 Å². The van der Waals surface area contributed by atoms with Gasteiger partial charge in [-0.2, -0.15) is 0 Å². The van der Waals surface area contributed by atoms with E-state index in [1.807, 2.05) is 0 Å². The lowest BCUT2D eigenvalue weighted by molar-refractivity contribution is 1.82. The molecular formula is C38H16. The predicted octanol–water partition coefficient (Wildman–Crippen LogP) is 11.0. The van der Waals surface area contributed by atoms with Gasteiger partial charge in [0.2, 0.25) is 0 Å². The Balaban J connectivity index is 1.60. The quantitative estimate of drug-likeness (QED) is 0.193. The molecule has 168 valence electrons. The maximum atomic E-state index is 2.42. The second-order valence-electron chi connectivity index (χ2n) is 11.5. The van der Waals surface area contributed by atoms with Crippen molar-refractivity contribution in [3.63, 3.8) is 0 Å².